The van der Waals surface area contributed by atoms with Gasteiger partial charge in [0.1, 0.15) is 0 Å². The minimum absolute atomic E-state index is 0.000226. The molecule has 22 heavy (non-hydrogen) atoms. The molecule has 0 radical (unpaired) electrons. The zero-order valence-electron chi connectivity index (χ0n) is 11.3. The quantitative estimate of drug-likeness (QED) is 0.410. The predicted octanol–water partition coefficient (Wildman–Crippen LogP) is 4.07. The Morgan fingerprint density at radius 3 is 2.73 bits per heavy atom. The number of nitro benzene ring substituents is 1. The van der Waals surface area contributed by atoms with Gasteiger partial charge in [-0.2, -0.15) is 0 Å². The summed E-state index contributed by atoms with van der Waals surface area (Å²) in [6.07, 6.45) is 0.335. The number of hydrogen-bond acceptors (Lipinski definition) is 6. The summed E-state index contributed by atoms with van der Waals surface area (Å²) in [5, 5.41) is 10.8. The average Bonchev–Trinajstić information content (AvgIpc) is 2.89. The third-order valence-electron chi connectivity index (χ3n) is 2.96. The highest BCUT2D eigenvalue weighted by atomic mass is 32.2. The lowest BCUT2D eigenvalue weighted by molar-refractivity contribution is -0.384. The molecule has 0 amide bonds. The molecule has 0 spiro atoms. The molecule has 1 aromatic heterocycles. The molecule has 2 aromatic carbocycles. The lowest BCUT2D eigenvalue weighted by Crippen LogP contribution is -1.96. The summed E-state index contributed by atoms with van der Waals surface area (Å²) in [4.78, 5) is 26.7. The number of benzene rings is 2. The summed E-state index contributed by atoms with van der Waals surface area (Å²) in [6.45, 7) is 0. The summed E-state index contributed by atoms with van der Waals surface area (Å²) >= 11 is 2.37. The maximum Gasteiger partial charge on any atom is 0.270 e. The number of fused-ring (bicyclic) bond motifs is 1. The maximum absolute atomic E-state index is 12.1. The van der Waals surface area contributed by atoms with E-state index in [0.29, 0.717) is 21.0 Å². The number of thiazole rings is 1. The van der Waals surface area contributed by atoms with E-state index >= 15 is 0 Å². The van der Waals surface area contributed by atoms with Crippen molar-refractivity contribution >= 4 is 44.1 Å². The lowest BCUT2D eigenvalue weighted by atomic mass is 10.2. The fourth-order valence-corrected chi connectivity index (χ4v) is 3.97. The molecule has 0 bridgehead atoms. The van der Waals surface area contributed by atoms with Crippen LogP contribution in [0.5, 0.6) is 0 Å². The minimum Gasteiger partial charge on any atom is -0.286 e. The van der Waals surface area contributed by atoms with Gasteiger partial charge in [-0.05, 0) is 23.4 Å². The van der Waals surface area contributed by atoms with Gasteiger partial charge in [-0.15, -0.1) is 11.3 Å². The number of carbonyl (C=O) groups excluding carboxylic acids is 1. The van der Waals surface area contributed by atoms with Crippen molar-refractivity contribution in [2.75, 3.05) is 0 Å². The fourth-order valence-electron chi connectivity index (χ4n) is 1.95. The van der Waals surface area contributed by atoms with Gasteiger partial charge in [-0.25, -0.2) is 4.98 Å². The first-order valence-corrected chi connectivity index (χ1v) is 8.05. The number of thioether (sulfide) groups is 1. The molecule has 3 aromatic rings. The molecule has 0 saturated heterocycles. The first kappa shape index (κ1) is 14.7. The van der Waals surface area contributed by atoms with Crippen molar-refractivity contribution in [2.45, 2.75) is 10.8 Å². The van der Waals surface area contributed by atoms with Crippen LogP contribution in [-0.2, 0) is 11.2 Å². The molecule has 0 aliphatic heterocycles. The number of nitrogens with zero attached hydrogens (tertiary/aromatic N) is 2. The van der Waals surface area contributed by atoms with Crippen LogP contribution in [0.4, 0.5) is 5.69 Å². The molecule has 0 saturated carbocycles. The molecule has 7 heteroatoms. The van der Waals surface area contributed by atoms with Gasteiger partial charge in [-0.1, -0.05) is 30.3 Å². The molecule has 0 fully saturated rings. The van der Waals surface area contributed by atoms with E-state index in [1.807, 2.05) is 30.3 Å². The Morgan fingerprint density at radius 1 is 1.23 bits per heavy atom. The summed E-state index contributed by atoms with van der Waals surface area (Å²) in [6, 6.07) is 14.0. The molecule has 0 unspecified atom stereocenters. The highest BCUT2D eigenvalue weighted by molar-refractivity contribution is 8.15. The Kier molecular flexibility index (Phi) is 4.17. The number of rotatable bonds is 4. The third-order valence-corrected chi connectivity index (χ3v) is 4.91. The van der Waals surface area contributed by atoms with Crippen LogP contribution >= 0.6 is 23.1 Å². The number of hydrogen-bond donors (Lipinski definition) is 0. The SMILES string of the molecule is O=C(Cc1ccccc1)Sc1nc2ccc([N+](=O)[O-])cc2s1. The highest BCUT2D eigenvalue weighted by Gasteiger charge is 2.13. The number of nitro groups is 1. The van der Waals surface area contributed by atoms with Gasteiger partial charge in [0, 0.05) is 18.6 Å². The van der Waals surface area contributed by atoms with Gasteiger partial charge in [0.15, 0.2) is 9.45 Å². The minimum atomic E-state index is -0.438. The van der Waals surface area contributed by atoms with Crippen LogP contribution in [0, 0.1) is 10.1 Å². The van der Waals surface area contributed by atoms with Gasteiger partial charge in [-0.3, -0.25) is 14.9 Å². The van der Waals surface area contributed by atoms with Crippen LogP contribution in [0.25, 0.3) is 10.2 Å². The Hall–Kier alpha value is -2.25. The molecule has 3 rings (SSSR count). The molecule has 5 nitrogen and oxygen atoms in total. The zero-order valence-corrected chi connectivity index (χ0v) is 12.9. The number of non-ortho nitro benzene ring substituents is 1. The van der Waals surface area contributed by atoms with Gasteiger partial charge in [0.2, 0.25) is 0 Å². The molecular formula is C15H10N2O3S2. The number of aromatic nitrogens is 1. The van der Waals surface area contributed by atoms with Crippen LogP contribution in [0.1, 0.15) is 5.56 Å². The Labute approximate surface area is 134 Å². The summed E-state index contributed by atoms with van der Waals surface area (Å²) in [5.41, 5.74) is 1.66. The van der Waals surface area contributed by atoms with E-state index in [4.69, 9.17) is 0 Å². The van der Waals surface area contributed by atoms with E-state index in [1.165, 1.54) is 23.5 Å². The van der Waals surface area contributed by atoms with Crippen molar-refractivity contribution in [3.8, 4) is 0 Å². The lowest BCUT2D eigenvalue weighted by Gasteiger charge is -1.97. The predicted molar refractivity (Wildman–Crippen MR) is 87.3 cm³/mol. The summed E-state index contributed by atoms with van der Waals surface area (Å²) in [5.74, 6) is 0. The van der Waals surface area contributed by atoms with Crippen molar-refractivity contribution in [1.82, 2.24) is 4.98 Å². The average molecular weight is 330 g/mol. The second-order valence-electron chi connectivity index (χ2n) is 4.53. The molecular weight excluding hydrogens is 320 g/mol. The number of carbonyl (C=O) groups is 1. The van der Waals surface area contributed by atoms with Crippen molar-refractivity contribution in [1.29, 1.82) is 0 Å². The van der Waals surface area contributed by atoms with Crippen molar-refractivity contribution in [3.63, 3.8) is 0 Å². The van der Waals surface area contributed by atoms with Gasteiger partial charge >= 0.3 is 0 Å². The molecule has 1 heterocycles. The Bertz CT molecular complexity index is 846. The van der Waals surface area contributed by atoms with Crippen LogP contribution in [-0.4, -0.2) is 15.0 Å². The zero-order chi connectivity index (χ0) is 15.5. The first-order valence-electron chi connectivity index (χ1n) is 6.41. The van der Waals surface area contributed by atoms with E-state index in [1.54, 1.807) is 6.07 Å². The maximum atomic E-state index is 12.1. The van der Waals surface area contributed by atoms with Crippen molar-refractivity contribution in [3.05, 3.63) is 64.2 Å². The topological polar surface area (TPSA) is 73.1 Å². The molecule has 110 valence electrons. The Morgan fingerprint density at radius 2 is 2.00 bits per heavy atom. The van der Waals surface area contributed by atoms with Crippen LogP contribution in [0.3, 0.4) is 0 Å². The van der Waals surface area contributed by atoms with E-state index in [-0.39, 0.29) is 10.8 Å². The summed E-state index contributed by atoms with van der Waals surface area (Å²) in [7, 11) is 0. The monoisotopic (exact) mass is 330 g/mol. The smallest absolute Gasteiger partial charge is 0.270 e. The third kappa shape index (κ3) is 3.32. The van der Waals surface area contributed by atoms with Crippen molar-refractivity contribution in [2.24, 2.45) is 0 Å². The molecule has 0 aliphatic rings. The van der Waals surface area contributed by atoms with Crippen LogP contribution in [0.2, 0.25) is 0 Å². The van der Waals surface area contributed by atoms with Gasteiger partial charge in [0.25, 0.3) is 5.69 Å². The van der Waals surface area contributed by atoms with Gasteiger partial charge in [0.05, 0.1) is 15.1 Å². The first-order chi connectivity index (χ1) is 10.6. The van der Waals surface area contributed by atoms with E-state index in [0.717, 1.165) is 17.3 Å². The van der Waals surface area contributed by atoms with Crippen LogP contribution in [0.15, 0.2) is 52.9 Å². The molecule has 0 aliphatic carbocycles. The summed E-state index contributed by atoms with van der Waals surface area (Å²) < 4.78 is 1.32. The van der Waals surface area contributed by atoms with E-state index in [9.17, 15) is 14.9 Å². The second-order valence-corrected chi connectivity index (χ2v) is 6.86. The second kappa shape index (κ2) is 6.25. The molecule has 0 N–H and O–H groups in total. The largest absolute Gasteiger partial charge is 0.286 e. The van der Waals surface area contributed by atoms with Gasteiger partial charge < -0.3 is 0 Å². The normalized spacial score (nSPS) is 10.7. The van der Waals surface area contributed by atoms with E-state index in [2.05, 4.69) is 4.98 Å². The van der Waals surface area contributed by atoms with Crippen LogP contribution < -0.4 is 0 Å². The fraction of sp³-hybridized carbons (Fsp3) is 0.0667. The highest BCUT2D eigenvalue weighted by Crippen LogP contribution is 2.32. The Balaban J connectivity index is 1.76. The van der Waals surface area contributed by atoms with E-state index < -0.39 is 4.92 Å². The molecule has 0 atom stereocenters. The standard InChI is InChI=1S/C15H10N2O3S2/c18-14(8-10-4-2-1-3-5-10)22-15-16-12-7-6-11(17(19)20)9-13(12)21-15/h1-7,9H,8H2. The van der Waals surface area contributed by atoms with Crippen molar-refractivity contribution < 1.29 is 9.72 Å².